The molecule has 2 aliphatic rings. The van der Waals surface area contributed by atoms with Gasteiger partial charge in [0, 0.05) is 20.1 Å². The van der Waals surface area contributed by atoms with Crippen LogP contribution < -0.4 is 0 Å². The van der Waals surface area contributed by atoms with E-state index in [2.05, 4.69) is 51.6 Å². The largest absolute Gasteiger partial charge is 0.188 e. The van der Waals surface area contributed by atoms with Crippen LogP contribution in [0.2, 0.25) is 0 Å². The van der Waals surface area contributed by atoms with Crippen LogP contribution in [0.25, 0.3) is 0 Å². The number of thiol groups is 1. The van der Waals surface area contributed by atoms with Crippen LogP contribution in [0.3, 0.4) is 0 Å². The lowest BCUT2D eigenvalue weighted by Gasteiger charge is -2.30. The van der Waals surface area contributed by atoms with Gasteiger partial charge in [-0.2, -0.15) is 10.5 Å². The number of benzene rings is 1. The Morgan fingerprint density at radius 2 is 1.94 bits per heavy atom. The molecule has 0 N–H and O–H groups in total. The van der Waals surface area contributed by atoms with Crippen molar-refractivity contribution in [3.63, 3.8) is 0 Å². The average molecular weight is 367 g/mol. The van der Waals surface area contributed by atoms with Gasteiger partial charge in [0.1, 0.15) is 0 Å². The fourth-order valence-corrected chi connectivity index (χ4v) is 19.9. The highest BCUT2D eigenvalue weighted by Gasteiger charge is 2.39. The highest BCUT2D eigenvalue weighted by Crippen LogP contribution is 2.78. The molecule has 2 fully saturated rings. The summed E-state index contributed by atoms with van der Waals surface area (Å²) >= 11 is 11.5. The van der Waals surface area contributed by atoms with Crippen LogP contribution in [0.15, 0.2) is 33.6 Å². The zero-order valence-corrected chi connectivity index (χ0v) is 14.5. The van der Waals surface area contributed by atoms with Crippen LogP contribution in [-0.2, 0) is 11.8 Å². The van der Waals surface area contributed by atoms with E-state index >= 15 is 0 Å². The second-order valence-corrected chi connectivity index (χ2v) is 17.4. The van der Waals surface area contributed by atoms with Crippen LogP contribution in [-0.4, -0.2) is 10.5 Å². The predicted octanol–water partition coefficient (Wildman–Crippen LogP) is 5.37. The first-order valence-corrected chi connectivity index (χ1v) is 13.3. The lowest BCUT2D eigenvalue weighted by atomic mass is 10.00. The van der Waals surface area contributed by atoms with Crippen molar-refractivity contribution < 1.29 is 0 Å². The maximum absolute atomic E-state index is 5.84. The first-order valence-electron chi connectivity index (χ1n) is 6.01. The molecule has 3 rings (SSSR count). The lowest BCUT2D eigenvalue weighted by Crippen LogP contribution is -2.22. The van der Waals surface area contributed by atoms with Gasteiger partial charge in [-0.25, -0.2) is 0 Å². The Bertz CT molecular complexity index is 434. The Kier molecular flexibility index (Phi) is 4.29. The van der Waals surface area contributed by atoms with E-state index in [-0.39, 0.29) is 10.5 Å². The highest BCUT2D eigenvalue weighted by molar-refractivity contribution is 9.10. The summed E-state index contributed by atoms with van der Waals surface area (Å²) in [5.41, 5.74) is 0. The van der Waals surface area contributed by atoms with E-state index in [0.717, 1.165) is 10.5 Å². The normalized spacial score (nSPS) is 38.9. The number of fused-ring (bicyclic) bond motifs is 1. The molecule has 2 unspecified atom stereocenters. The second kappa shape index (κ2) is 5.58. The topological polar surface area (TPSA) is 0 Å². The molecular formula is C12H16BrPS3. The number of halogens is 1. The van der Waals surface area contributed by atoms with Gasteiger partial charge in [0.05, 0.1) is 0 Å². The predicted molar refractivity (Wildman–Crippen MR) is 90.7 cm³/mol. The van der Waals surface area contributed by atoms with Crippen molar-refractivity contribution in [2.24, 2.45) is 0 Å². The molecular weight excluding hydrogens is 351 g/mol. The summed E-state index contributed by atoms with van der Waals surface area (Å²) in [5, 5.41) is 1.26. The Balaban J connectivity index is 1.90. The minimum atomic E-state index is -0.592. The molecule has 17 heavy (non-hydrogen) atoms. The van der Waals surface area contributed by atoms with Crippen molar-refractivity contribution in [3.05, 3.63) is 28.7 Å². The van der Waals surface area contributed by atoms with E-state index < -0.39 is 5.10 Å². The van der Waals surface area contributed by atoms with Crippen LogP contribution in [0, 0.1) is 0 Å². The van der Waals surface area contributed by atoms with E-state index in [1.165, 1.54) is 30.2 Å². The summed E-state index contributed by atoms with van der Waals surface area (Å²) in [6.07, 6.45) is 5.73. The SMILES string of the molecule is S=[PH]1S[C@@H]2CCCC[C@H]2[SH]1c1ccc(Br)cc1. The van der Waals surface area contributed by atoms with E-state index in [9.17, 15) is 0 Å². The molecule has 0 aromatic heterocycles. The summed E-state index contributed by atoms with van der Waals surface area (Å²) < 4.78 is 1.18. The summed E-state index contributed by atoms with van der Waals surface area (Å²) in [6, 6.07) is 8.99. The first-order chi connectivity index (χ1) is 8.25. The molecule has 4 atom stereocenters. The van der Waals surface area contributed by atoms with Crippen molar-refractivity contribution in [3.8, 4) is 0 Å². The van der Waals surface area contributed by atoms with Crippen LogP contribution in [0.4, 0.5) is 0 Å². The lowest BCUT2D eigenvalue weighted by molar-refractivity contribution is 0.529. The third kappa shape index (κ3) is 2.67. The maximum Gasteiger partial charge on any atom is 0.0309 e. The van der Waals surface area contributed by atoms with Crippen molar-refractivity contribution in [2.45, 2.75) is 41.1 Å². The zero-order chi connectivity index (χ0) is 11.8. The molecule has 1 saturated heterocycles. The van der Waals surface area contributed by atoms with Gasteiger partial charge in [0.2, 0.25) is 0 Å². The summed E-state index contributed by atoms with van der Waals surface area (Å²) in [5.74, 6) is 0. The fourth-order valence-electron chi connectivity index (χ4n) is 2.73. The van der Waals surface area contributed by atoms with Crippen molar-refractivity contribution in [1.29, 1.82) is 0 Å². The van der Waals surface area contributed by atoms with Gasteiger partial charge < -0.3 is 0 Å². The van der Waals surface area contributed by atoms with Crippen LogP contribution in [0.1, 0.15) is 25.7 Å². The van der Waals surface area contributed by atoms with Gasteiger partial charge >= 0.3 is 0 Å². The number of rotatable bonds is 1. The standard InChI is InChI=1S/C12H16BrPS3/c13-9-5-7-10(8-6-9)17-12-4-2-1-3-11(12)16-14(17)15/h5-8,11-12,14,17H,1-4H2/t11-,12-/m1/s1. The number of hydrogen-bond donors (Lipinski definition) is 1. The van der Waals surface area contributed by atoms with Crippen molar-refractivity contribution in [1.82, 2.24) is 0 Å². The molecule has 1 aromatic rings. The van der Waals surface area contributed by atoms with E-state index in [1.54, 1.807) is 4.90 Å². The minimum absolute atomic E-state index is 0.0124. The summed E-state index contributed by atoms with van der Waals surface area (Å²) in [6.45, 7) is 0. The van der Waals surface area contributed by atoms with Gasteiger partial charge in [0.15, 0.2) is 0 Å². The molecule has 1 heterocycles. The third-order valence-electron chi connectivity index (χ3n) is 3.55. The summed E-state index contributed by atoms with van der Waals surface area (Å²) in [7, 11) is -0.0124. The fraction of sp³-hybridized carbons (Fsp3) is 0.500. The molecule has 1 aliphatic carbocycles. The maximum atomic E-state index is 5.84. The minimum Gasteiger partial charge on any atom is -0.188 e. The van der Waals surface area contributed by atoms with Crippen LogP contribution in [0.5, 0.6) is 0 Å². The average Bonchev–Trinajstić information content (AvgIpc) is 2.66. The number of hydrogen-bond acceptors (Lipinski definition) is 2. The molecule has 1 aromatic carbocycles. The van der Waals surface area contributed by atoms with Gasteiger partial charge in [0.25, 0.3) is 0 Å². The second-order valence-electron chi connectivity index (χ2n) is 4.62. The first kappa shape index (κ1) is 13.1. The van der Waals surface area contributed by atoms with Crippen molar-refractivity contribution in [2.75, 3.05) is 0 Å². The Morgan fingerprint density at radius 3 is 2.71 bits per heavy atom. The molecule has 0 amide bonds. The smallest absolute Gasteiger partial charge is 0.0309 e. The van der Waals surface area contributed by atoms with E-state index in [1.807, 2.05) is 0 Å². The Morgan fingerprint density at radius 1 is 1.24 bits per heavy atom. The van der Waals surface area contributed by atoms with Gasteiger partial charge in [-0.3, -0.25) is 0 Å². The van der Waals surface area contributed by atoms with Crippen LogP contribution >= 0.6 is 42.9 Å². The molecule has 0 nitrogen and oxygen atoms in total. The zero-order valence-electron chi connectivity index (χ0n) is 9.43. The molecule has 1 aliphatic heterocycles. The molecule has 5 heteroatoms. The Hall–Kier alpha value is 1.05. The third-order valence-corrected chi connectivity index (χ3v) is 17.7. The molecule has 0 spiro atoms. The molecule has 94 valence electrons. The van der Waals surface area contributed by atoms with Gasteiger partial charge in [-0.1, -0.05) is 40.6 Å². The highest BCUT2D eigenvalue weighted by atomic mass is 79.9. The van der Waals surface area contributed by atoms with E-state index in [4.69, 9.17) is 11.8 Å². The Labute approximate surface area is 124 Å². The quantitative estimate of drug-likeness (QED) is 0.523. The molecule has 0 radical (unpaired) electrons. The van der Waals surface area contributed by atoms with Gasteiger partial charge in [-0.05, 0) is 42.0 Å². The molecule has 1 saturated carbocycles. The van der Waals surface area contributed by atoms with E-state index in [0.29, 0.717) is 0 Å². The summed E-state index contributed by atoms with van der Waals surface area (Å²) in [4.78, 5) is 1.56. The molecule has 0 bridgehead atoms. The monoisotopic (exact) mass is 366 g/mol. The van der Waals surface area contributed by atoms with Gasteiger partial charge in [-0.15, -0.1) is 11.4 Å². The van der Waals surface area contributed by atoms with Crippen molar-refractivity contribution >= 4 is 54.7 Å².